The first-order valence-corrected chi connectivity index (χ1v) is 8.65. The number of aromatic hydroxyl groups is 1. The number of halogens is 1. The number of phenols is 1. The maximum Gasteiger partial charge on any atom is 0.209 e. The number of hydrogen-bond donors (Lipinski definition) is 2. The molecule has 6 nitrogen and oxygen atoms in total. The summed E-state index contributed by atoms with van der Waals surface area (Å²) in [6, 6.07) is 14.9. The fourth-order valence-corrected chi connectivity index (χ4v) is 2.40. The maximum absolute atomic E-state index is 9.43. The van der Waals surface area contributed by atoms with Crippen LogP contribution in [0, 0.1) is 6.92 Å². The van der Waals surface area contributed by atoms with Crippen LogP contribution in [0.5, 0.6) is 11.5 Å². The number of ether oxygens (including phenoxy) is 1. The number of nitrogens with one attached hydrogen (secondary N) is 1. The number of aromatic nitrogens is 1. The van der Waals surface area contributed by atoms with Crippen molar-refractivity contribution in [3.8, 4) is 11.5 Å². The second-order valence-electron chi connectivity index (χ2n) is 6.16. The predicted molar refractivity (Wildman–Crippen MR) is 116 cm³/mol. The molecule has 0 saturated heterocycles. The minimum Gasteiger partial charge on any atom is -0.508 e. The van der Waals surface area contributed by atoms with E-state index in [1.54, 1.807) is 26.2 Å². The average Bonchev–Trinajstić information content (AvgIpc) is 2.64. The molecule has 0 aliphatic rings. The van der Waals surface area contributed by atoms with Crippen LogP contribution in [-0.4, -0.2) is 42.1 Å². The van der Waals surface area contributed by atoms with Gasteiger partial charge in [-0.1, -0.05) is 0 Å². The smallest absolute Gasteiger partial charge is 0.209 e. The molecule has 7 heteroatoms. The molecule has 1 heterocycles. The molecule has 28 heavy (non-hydrogen) atoms. The van der Waals surface area contributed by atoms with Gasteiger partial charge >= 0.3 is 0 Å². The minimum atomic E-state index is 0. The molecule has 0 spiro atoms. The zero-order chi connectivity index (χ0) is 19.8. The molecule has 1 aromatic heterocycles. The summed E-state index contributed by atoms with van der Waals surface area (Å²) in [4.78, 5) is 15.4. The van der Waals surface area contributed by atoms with E-state index < -0.39 is 0 Å². The van der Waals surface area contributed by atoms with E-state index in [4.69, 9.17) is 4.74 Å². The van der Waals surface area contributed by atoms with Gasteiger partial charge in [0.2, 0.25) is 6.41 Å². The first-order chi connectivity index (χ1) is 12.9. The first kappa shape index (κ1) is 23.0. The van der Waals surface area contributed by atoms with Gasteiger partial charge in [0.1, 0.15) is 11.5 Å². The van der Waals surface area contributed by atoms with E-state index in [2.05, 4.69) is 10.3 Å². The Morgan fingerprint density at radius 2 is 1.79 bits per heavy atom. The van der Waals surface area contributed by atoms with Gasteiger partial charge in [-0.15, -0.1) is 12.4 Å². The van der Waals surface area contributed by atoms with E-state index >= 15 is 0 Å². The Bertz CT molecular complexity index is 899. The Hall–Kier alpha value is -2.99. The molecule has 0 aliphatic carbocycles. The fourth-order valence-electron chi connectivity index (χ4n) is 2.40. The second kappa shape index (κ2) is 11.0. The summed E-state index contributed by atoms with van der Waals surface area (Å²) in [5.41, 5.74) is 3.74. The molecule has 1 amide bonds. The Morgan fingerprint density at radius 1 is 1.14 bits per heavy atom. The van der Waals surface area contributed by atoms with Gasteiger partial charge in [-0.05, 0) is 62.4 Å². The first-order valence-electron chi connectivity index (χ1n) is 8.65. The van der Waals surface area contributed by atoms with Crippen LogP contribution in [0.4, 0.5) is 11.4 Å². The Labute approximate surface area is 171 Å². The van der Waals surface area contributed by atoms with Crippen molar-refractivity contribution in [3.63, 3.8) is 0 Å². The van der Waals surface area contributed by atoms with Gasteiger partial charge in [0.15, 0.2) is 0 Å². The van der Waals surface area contributed by atoms with Crippen molar-refractivity contribution in [1.29, 1.82) is 0 Å². The Balaban J connectivity index is 0.000000584. The van der Waals surface area contributed by atoms with E-state index in [0.29, 0.717) is 6.61 Å². The molecule has 150 valence electrons. The maximum atomic E-state index is 9.43. The largest absolute Gasteiger partial charge is 0.508 e. The van der Waals surface area contributed by atoms with E-state index in [1.807, 2.05) is 50.2 Å². The summed E-state index contributed by atoms with van der Waals surface area (Å²) >= 11 is 0. The lowest BCUT2D eigenvalue weighted by Crippen LogP contribution is -2.06. The van der Waals surface area contributed by atoms with Crippen LogP contribution in [-0.2, 0) is 4.79 Å². The number of pyridine rings is 1. The highest BCUT2D eigenvalue weighted by atomic mass is 35.5. The zero-order valence-corrected chi connectivity index (χ0v) is 17.3. The molecule has 0 saturated carbocycles. The summed E-state index contributed by atoms with van der Waals surface area (Å²) in [5.74, 6) is 1.08. The molecule has 0 atom stereocenters. The van der Waals surface area contributed by atoms with Gasteiger partial charge in [-0.3, -0.25) is 9.78 Å². The van der Waals surface area contributed by atoms with Crippen molar-refractivity contribution in [2.45, 2.75) is 13.8 Å². The van der Waals surface area contributed by atoms with Crippen LogP contribution in [0.2, 0.25) is 0 Å². The monoisotopic (exact) mass is 403 g/mol. The van der Waals surface area contributed by atoms with Crippen LogP contribution in [0.3, 0.4) is 0 Å². The summed E-state index contributed by atoms with van der Waals surface area (Å²) in [6.07, 6.45) is 0.750. The van der Waals surface area contributed by atoms with Gasteiger partial charge in [0, 0.05) is 36.6 Å². The van der Waals surface area contributed by atoms with Crippen molar-refractivity contribution < 1.29 is 14.6 Å². The fraction of sp³-hybridized carbons (Fsp3) is 0.238. The third-order valence-corrected chi connectivity index (χ3v) is 3.58. The molecule has 2 aromatic carbocycles. The standard InChI is InChI=1S/C18H18N2O2.C3H7NO.ClH/c1-3-22-15-8-9-17-16(11-15)18(10-12(2)19-17)20-13-4-6-14(21)7-5-13;1-4(2)3-5;/h4-11,21H,3H2,1-2H3,(H,19,20);3H,1-2H3;1H. The Kier molecular flexibility index (Phi) is 9.05. The summed E-state index contributed by atoms with van der Waals surface area (Å²) < 4.78 is 5.58. The lowest BCUT2D eigenvalue weighted by atomic mass is 10.1. The molecule has 0 aliphatic heterocycles. The molecule has 0 fully saturated rings. The predicted octanol–water partition coefficient (Wildman–Crippen LogP) is 4.52. The summed E-state index contributed by atoms with van der Waals surface area (Å²) in [6.45, 7) is 4.57. The number of benzene rings is 2. The van der Waals surface area contributed by atoms with Crippen molar-refractivity contribution in [3.05, 3.63) is 54.2 Å². The van der Waals surface area contributed by atoms with E-state index in [-0.39, 0.29) is 18.2 Å². The van der Waals surface area contributed by atoms with Gasteiger partial charge < -0.3 is 20.1 Å². The third kappa shape index (κ3) is 6.63. The number of anilines is 2. The van der Waals surface area contributed by atoms with Crippen LogP contribution in [0.25, 0.3) is 10.9 Å². The Morgan fingerprint density at radius 3 is 2.36 bits per heavy atom. The normalized spacial score (nSPS) is 9.57. The average molecular weight is 404 g/mol. The van der Waals surface area contributed by atoms with Crippen molar-refractivity contribution in [2.24, 2.45) is 0 Å². The summed E-state index contributed by atoms with van der Waals surface area (Å²) in [7, 11) is 3.38. The van der Waals surface area contributed by atoms with Gasteiger partial charge in [-0.25, -0.2) is 0 Å². The number of carbonyl (C=O) groups excluding carboxylic acids is 1. The molecule has 0 radical (unpaired) electrons. The lowest BCUT2D eigenvalue weighted by Gasteiger charge is -2.12. The van der Waals surface area contributed by atoms with Gasteiger partial charge in [0.25, 0.3) is 0 Å². The summed E-state index contributed by atoms with van der Waals surface area (Å²) in [5, 5.41) is 13.8. The van der Waals surface area contributed by atoms with E-state index in [0.717, 1.165) is 40.1 Å². The van der Waals surface area contributed by atoms with Crippen LogP contribution in [0.15, 0.2) is 48.5 Å². The number of rotatable bonds is 5. The number of hydrogen-bond acceptors (Lipinski definition) is 5. The van der Waals surface area contributed by atoms with Crippen LogP contribution in [0.1, 0.15) is 12.6 Å². The number of aryl methyl sites for hydroxylation is 1. The topological polar surface area (TPSA) is 74.7 Å². The molecule has 3 rings (SSSR count). The number of amides is 1. The molecular weight excluding hydrogens is 378 g/mol. The SMILES string of the molecule is CCOc1ccc2nc(C)cc(Nc3ccc(O)cc3)c2c1.CN(C)C=O.Cl. The molecular formula is C21H26ClN3O3. The number of phenolic OH excluding ortho intramolecular Hbond substituents is 1. The highest BCUT2D eigenvalue weighted by molar-refractivity contribution is 5.94. The zero-order valence-electron chi connectivity index (χ0n) is 16.5. The lowest BCUT2D eigenvalue weighted by molar-refractivity contribution is -0.115. The van der Waals surface area contributed by atoms with Gasteiger partial charge in [-0.2, -0.15) is 0 Å². The van der Waals surface area contributed by atoms with Crippen molar-refractivity contribution >= 4 is 41.1 Å². The van der Waals surface area contributed by atoms with Crippen molar-refractivity contribution in [1.82, 2.24) is 9.88 Å². The van der Waals surface area contributed by atoms with Gasteiger partial charge in [0.05, 0.1) is 12.1 Å². The molecule has 3 aromatic rings. The molecule has 2 N–H and O–H groups in total. The van der Waals surface area contributed by atoms with Crippen LogP contribution < -0.4 is 10.1 Å². The number of fused-ring (bicyclic) bond motifs is 1. The minimum absolute atomic E-state index is 0. The highest BCUT2D eigenvalue weighted by Gasteiger charge is 2.06. The molecule has 0 unspecified atom stereocenters. The third-order valence-electron chi connectivity index (χ3n) is 3.58. The quantitative estimate of drug-likeness (QED) is 0.484. The molecule has 0 bridgehead atoms. The van der Waals surface area contributed by atoms with E-state index in [9.17, 15) is 9.90 Å². The van der Waals surface area contributed by atoms with Crippen LogP contribution >= 0.6 is 12.4 Å². The van der Waals surface area contributed by atoms with E-state index in [1.165, 1.54) is 4.90 Å². The number of nitrogens with zero attached hydrogens (tertiary/aromatic N) is 2. The second-order valence-corrected chi connectivity index (χ2v) is 6.16. The highest BCUT2D eigenvalue weighted by Crippen LogP contribution is 2.30. The number of carbonyl (C=O) groups is 1. The van der Waals surface area contributed by atoms with Crippen molar-refractivity contribution in [2.75, 3.05) is 26.0 Å².